The minimum absolute atomic E-state index is 0.221. The Hall–Kier alpha value is -2.67. The molecule has 1 aromatic heterocycles. The van der Waals surface area contributed by atoms with Crippen molar-refractivity contribution in [1.82, 2.24) is 14.7 Å². The van der Waals surface area contributed by atoms with Crippen LogP contribution in [-0.4, -0.2) is 50.7 Å². The van der Waals surface area contributed by atoms with Crippen molar-refractivity contribution >= 4 is 0 Å². The first-order valence-electron chi connectivity index (χ1n) is 12.1. The third-order valence-electron chi connectivity index (χ3n) is 5.56. The average molecular weight is 466 g/mol. The summed E-state index contributed by atoms with van der Waals surface area (Å²) < 4.78 is 14.1. The molecule has 6 heteroatoms. The van der Waals surface area contributed by atoms with Gasteiger partial charge in [0.05, 0.1) is 35.3 Å². The second kappa shape index (κ2) is 11.6. The minimum atomic E-state index is -0.589. The van der Waals surface area contributed by atoms with Gasteiger partial charge in [0.1, 0.15) is 5.75 Å². The predicted octanol–water partition coefficient (Wildman–Crippen LogP) is 5.61. The third kappa shape index (κ3) is 7.16. The molecule has 184 valence electrons. The van der Waals surface area contributed by atoms with Crippen molar-refractivity contribution in [2.75, 3.05) is 13.2 Å². The molecule has 3 rings (SSSR count). The summed E-state index contributed by atoms with van der Waals surface area (Å²) in [7, 11) is 0. The van der Waals surface area contributed by atoms with E-state index < -0.39 is 6.10 Å². The van der Waals surface area contributed by atoms with Crippen molar-refractivity contribution < 1.29 is 14.6 Å². The smallest absolute Gasteiger partial charge is 0.227 e. The average Bonchev–Trinajstić information content (AvgIpc) is 3.15. The first-order valence-corrected chi connectivity index (χ1v) is 12.1. The van der Waals surface area contributed by atoms with E-state index in [4.69, 9.17) is 14.6 Å². The highest BCUT2D eigenvalue weighted by atomic mass is 16.5. The van der Waals surface area contributed by atoms with Crippen molar-refractivity contribution in [1.29, 1.82) is 0 Å². The van der Waals surface area contributed by atoms with E-state index in [-0.39, 0.29) is 11.6 Å². The SMILES string of the molecule is CCc1nn(-c2ccccc2)c(Oc2ccccc2)c1CN(C[C@@H](O)COC(C)(C)C)C(C)C. The maximum Gasteiger partial charge on any atom is 0.227 e. The van der Waals surface area contributed by atoms with Crippen LogP contribution in [0.2, 0.25) is 0 Å². The largest absolute Gasteiger partial charge is 0.439 e. The number of aliphatic hydroxyl groups is 1. The Balaban J connectivity index is 1.95. The lowest BCUT2D eigenvalue weighted by molar-refractivity contribution is -0.0587. The topological polar surface area (TPSA) is 59.8 Å². The van der Waals surface area contributed by atoms with E-state index in [1.807, 2.05) is 86.1 Å². The normalized spacial score (nSPS) is 13.0. The molecule has 1 N–H and O–H groups in total. The molecule has 0 bridgehead atoms. The number of aliphatic hydroxyl groups excluding tert-OH is 1. The van der Waals surface area contributed by atoms with Gasteiger partial charge in [-0.25, -0.2) is 4.68 Å². The summed E-state index contributed by atoms with van der Waals surface area (Å²) in [5.74, 6) is 1.47. The molecule has 34 heavy (non-hydrogen) atoms. The molecule has 0 unspecified atom stereocenters. The van der Waals surface area contributed by atoms with Crippen LogP contribution < -0.4 is 4.74 Å². The Labute approximate surface area is 204 Å². The summed E-state index contributed by atoms with van der Waals surface area (Å²) >= 11 is 0. The summed E-state index contributed by atoms with van der Waals surface area (Å²) in [4.78, 5) is 2.25. The minimum Gasteiger partial charge on any atom is -0.439 e. The molecule has 0 saturated carbocycles. The first-order chi connectivity index (χ1) is 16.2. The fourth-order valence-corrected chi connectivity index (χ4v) is 3.70. The number of aromatic nitrogens is 2. The van der Waals surface area contributed by atoms with Gasteiger partial charge in [-0.2, -0.15) is 5.10 Å². The highest BCUT2D eigenvalue weighted by molar-refractivity contribution is 5.43. The number of hydrogen-bond acceptors (Lipinski definition) is 5. The van der Waals surface area contributed by atoms with Gasteiger partial charge in [0, 0.05) is 19.1 Å². The molecule has 0 spiro atoms. The quantitative estimate of drug-likeness (QED) is 0.399. The second-order valence-electron chi connectivity index (χ2n) is 9.85. The van der Waals surface area contributed by atoms with Crippen molar-refractivity contribution in [3.05, 3.63) is 71.9 Å². The third-order valence-corrected chi connectivity index (χ3v) is 5.56. The summed E-state index contributed by atoms with van der Waals surface area (Å²) in [6, 6.07) is 20.1. The molecule has 1 atom stereocenters. The van der Waals surface area contributed by atoms with Gasteiger partial charge in [-0.3, -0.25) is 4.90 Å². The molecule has 6 nitrogen and oxygen atoms in total. The Morgan fingerprint density at radius 1 is 1.00 bits per heavy atom. The van der Waals surface area contributed by atoms with Crippen LogP contribution in [-0.2, 0) is 17.7 Å². The van der Waals surface area contributed by atoms with E-state index >= 15 is 0 Å². The van der Waals surface area contributed by atoms with Crippen molar-refractivity contribution in [3.63, 3.8) is 0 Å². The van der Waals surface area contributed by atoms with E-state index in [0.717, 1.165) is 29.1 Å². The number of aryl methyl sites for hydroxylation is 1. The Morgan fingerprint density at radius 2 is 1.62 bits per heavy atom. The van der Waals surface area contributed by atoms with Crippen LogP contribution in [0.5, 0.6) is 11.6 Å². The van der Waals surface area contributed by atoms with Gasteiger partial charge in [0.2, 0.25) is 5.88 Å². The van der Waals surface area contributed by atoms with Crippen LogP contribution in [0.25, 0.3) is 5.69 Å². The Kier molecular flexibility index (Phi) is 8.89. The zero-order chi connectivity index (χ0) is 24.7. The van der Waals surface area contributed by atoms with Crippen molar-refractivity contribution in [2.24, 2.45) is 0 Å². The fraction of sp³-hybridized carbons (Fsp3) is 0.464. The van der Waals surface area contributed by atoms with Crippen LogP contribution in [0.4, 0.5) is 0 Å². The molecular weight excluding hydrogens is 426 g/mol. The molecule has 3 aromatic rings. The van der Waals surface area contributed by atoms with Crippen LogP contribution in [0.1, 0.15) is 52.8 Å². The molecule has 0 aliphatic rings. The predicted molar refractivity (Wildman–Crippen MR) is 137 cm³/mol. The lowest BCUT2D eigenvalue weighted by Crippen LogP contribution is -2.40. The Bertz CT molecular complexity index is 1010. The molecule has 0 amide bonds. The fourth-order valence-electron chi connectivity index (χ4n) is 3.70. The van der Waals surface area contributed by atoms with E-state index in [2.05, 4.69) is 25.7 Å². The van der Waals surface area contributed by atoms with Crippen LogP contribution in [0, 0.1) is 0 Å². The molecule has 0 fully saturated rings. The monoisotopic (exact) mass is 465 g/mol. The van der Waals surface area contributed by atoms with Crippen LogP contribution >= 0.6 is 0 Å². The lowest BCUT2D eigenvalue weighted by Gasteiger charge is -2.30. The van der Waals surface area contributed by atoms with Gasteiger partial charge in [-0.15, -0.1) is 0 Å². The van der Waals surface area contributed by atoms with Crippen molar-refractivity contribution in [2.45, 2.75) is 72.3 Å². The molecule has 1 heterocycles. The van der Waals surface area contributed by atoms with E-state index in [0.29, 0.717) is 25.6 Å². The highest BCUT2D eigenvalue weighted by Crippen LogP contribution is 2.32. The van der Waals surface area contributed by atoms with Crippen LogP contribution in [0.15, 0.2) is 60.7 Å². The van der Waals surface area contributed by atoms with E-state index in [1.54, 1.807) is 0 Å². The number of benzene rings is 2. The van der Waals surface area contributed by atoms with Gasteiger partial charge in [-0.1, -0.05) is 43.3 Å². The summed E-state index contributed by atoms with van der Waals surface area (Å²) in [6.45, 7) is 13.8. The molecule has 0 aliphatic carbocycles. The van der Waals surface area contributed by atoms with Crippen molar-refractivity contribution in [3.8, 4) is 17.3 Å². The van der Waals surface area contributed by atoms with Gasteiger partial charge in [0.25, 0.3) is 0 Å². The van der Waals surface area contributed by atoms with E-state index in [9.17, 15) is 5.11 Å². The second-order valence-corrected chi connectivity index (χ2v) is 9.85. The molecule has 0 aliphatic heterocycles. The van der Waals surface area contributed by atoms with Crippen LogP contribution in [0.3, 0.4) is 0 Å². The summed E-state index contributed by atoms with van der Waals surface area (Å²) in [5, 5.41) is 15.6. The lowest BCUT2D eigenvalue weighted by atomic mass is 10.1. The maximum absolute atomic E-state index is 10.7. The zero-order valence-corrected chi connectivity index (χ0v) is 21.4. The van der Waals surface area contributed by atoms with Gasteiger partial charge < -0.3 is 14.6 Å². The van der Waals surface area contributed by atoms with Gasteiger partial charge >= 0.3 is 0 Å². The highest BCUT2D eigenvalue weighted by Gasteiger charge is 2.25. The number of hydrogen-bond donors (Lipinski definition) is 1. The maximum atomic E-state index is 10.7. The molecule has 0 radical (unpaired) electrons. The zero-order valence-electron chi connectivity index (χ0n) is 21.4. The molecule has 2 aromatic carbocycles. The van der Waals surface area contributed by atoms with Gasteiger partial charge in [-0.05, 0) is 65.3 Å². The molecular formula is C28H39N3O3. The Morgan fingerprint density at radius 3 is 2.18 bits per heavy atom. The standard InChI is InChI=1S/C28H39N3O3/c1-7-26-25(19-30(21(2)3)18-23(32)20-33-28(4,5)6)27(34-24-16-12-9-13-17-24)31(29-26)22-14-10-8-11-15-22/h8-17,21,23,32H,7,18-20H2,1-6H3/t23-/m1/s1. The number of rotatable bonds is 11. The number of ether oxygens (including phenoxy) is 2. The number of para-hydroxylation sites is 2. The first kappa shape index (κ1) is 25.9. The summed E-state index contributed by atoms with van der Waals surface area (Å²) in [5.41, 5.74) is 2.69. The van der Waals surface area contributed by atoms with Gasteiger partial charge in [0.15, 0.2) is 0 Å². The van der Waals surface area contributed by atoms with E-state index in [1.165, 1.54) is 0 Å². The summed E-state index contributed by atoms with van der Waals surface area (Å²) in [6.07, 6.45) is 0.191. The number of nitrogens with zero attached hydrogens (tertiary/aromatic N) is 3. The molecule has 0 saturated heterocycles.